The number of nitrogens with zero attached hydrogens (tertiary/aromatic N) is 3. The summed E-state index contributed by atoms with van der Waals surface area (Å²) < 4.78 is 30.4. The summed E-state index contributed by atoms with van der Waals surface area (Å²) in [4.78, 5) is 22.1. The first-order valence-corrected chi connectivity index (χ1v) is 13.2. The molecule has 2 aromatic carbocycles. The number of fused-ring (bicyclic) bond motifs is 1. The quantitative estimate of drug-likeness (QED) is 0.348. The number of rotatable bonds is 6. The van der Waals surface area contributed by atoms with E-state index in [1.54, 1.807) is 37.4 Å². The van der Waals surface area contributed by atoms with Crippen molar-refractivity contribution in [3.63, 3.8) is 0 Å². The lowest BCUT2D eigenvalue weighted by molar-refractivity contribution is 0.104. The number of nitrogens with two attached hydrogens (primary N) is 1. The topological polar surface area (TPSA) is 120 Å². The third kappa shape index (κ3) is 4.37. The predicted molar refractivity (Wildman–Crippen MR) is 136 cm³/mol. The van der Waals surface area contributed by atoms with Crippen molar-refractivity contribution in [2.45, 2.75) is 43.5 Å². The largest absolute Gasteiger partial charge is 0.383 e. The molecule has 1 aliphatic carbocycles. The van der Waals surface area contributed by atoms with E-state index in [0.29, 0.717) is 27.2 Å². The number of aryl methyl sites for hydroxylation is 1. The molecule has 2 heterocycles. The second kappa shape index (κ2) is 8.98. The van der Waals surface area contributed by atoms with Crippen LogP contribution in [0.2, 0.25) is 5.02 Å². The van der Waals surface area contributed by atoms with Crippen LogP contribution < -0.4 is 10.5 Å². The van der Waals surface area contributed by atoms with E-state index in [9.17, 15) is 13.2 Å². The van der Waals surface area contributed by atoms with Gasteiger partial charge in [-0.1, -0.05) is 42.6 Å². The molecule has 0 aliphatic heterocycles. The normalized spacial score (nSPS) is 14.5. The molecule has 1 aliphatic rings. The highest BCUT2D eigenvalue weighted by Crippen LogP contribution is 2.35. The summed E-state index contributed by atoms with van der Waals surface area (Å²) in [6, 6.07) is 11.1. The van der Waals surface area contributed by atoms with Crippen molar-refractivity contribution in [3.05, 3.63) is 76.7 Å². The van der Waals surface area contributed by atoms with Crippen LogP contribution in [0.3, 0.4) is 0 Å². The zero-order valence-electron chi connectivity index (χ0n) is 19.0. The summed E-state index contributed by atoms with van der Waals surface area (Å²) in [6.45, 7) is 1.79. The summed E-state index contributed by atoms with van der Waals surface area (Å²) in [5, 5.41) is 0.875. The zero-order chi connectivity index (χ0) is 24.7. The minimum atomic E-state index is -3.90. The van der Waals surface area contributed by atoms with Gasteiger partial charge in [0.2, 0.25) is 0 Å². The van der Waals surface area contributed by atoms with Gasteiger partial charge in [0.25, 0.3) is 10.0 Å². The molecule has 1 fully saturated rings. The molecule has 0 radical (unpaired) electrons. The van der Waals surface area contributed by atoms with Gasteiger partial charge in [0.05, 0.1) is 15.8 Å². The molecule has 0 saturated heterocycles. The molecule has 2 aromatic heterocycles. The van der Waals surface area contributed by atoms with E-state index in [2.05, 4.69) is 14.7 Å². The average Bonchev–Trinajstić information content (AvgIpc) is 3.49. The number of hydrogen-bond donors (Lipinski definition) is 2. The molecule has 10 heteroatoms. The Morgan fingerprint density at radius 1 is 1.14 bits per heavy atom. The minimum Gasteiger partial charge on any atom is -0.383 e. The lowest BCUT2D eigenvalue weighted by Crippen LogP contribution is -2.13. The monoisotopic (exact) mass is 509 g/mol. The lowest BCUT2D eigenvalue weighted by Gasteiger charge is -2.12. The Morgan fingerprint density at radius 3 is 2.66 bits per heavy atom. The van der Waals surface area contributed by atoms with E-state index in [1.165, 1.54) is 24.5 Å². The highest BCUT2D eigenvalue weighted by atomic mass is 35.5. The third-order valence-electron chi connectivity index (χ3n) is 6.43. The van der Waals surface area contributed by atoms with E-state index >= 15 is 0 Å². The van der Waals surface area contributed by atoms with E-state index in [1.807, 2.05) is 4.57 Å². The van der Waals surface area contributed by atoms with Gasteiger partial charge in [0.15, 0.2) is 5.78 Å². The molecule has 0 atom stereocenters. The number of anilines is 2. The summed E-state index contributed by atoms with van der Waals surface area (Å²) in [7, 11) is -3.90. The van der Waals surface area contributed by atoms with Gasteiger partial charge in [-0.3, -0.25) is 9.52 Å². The number of nitrogen functional groups attached to an aromatic ring is 1. The first-order valence-electron chi connectivity index (χ1n) is 11.3. The highest BCUT2D eigenvalue weighted by molar-refractivity contribution is 7.92. The molecular formula is C25H24ClN5O3S. The second-order valence-electron chi connectivity index (χ2n) is 8.77. The molecule has 1 saturated carbocycles. The van der Waals surface area contributed by atoms with Crippen LogP contribution in [0.1, 0.15) is 53.2 Å². The Morgan fingerprint density at radius 2 is 1.91 bits per heavy atom. The van der Waals surface area contributed by atoms with Gasteiger partial charge in [-0.05, 0) is 49.6 Å². The van der Waals surface area contributed by atoms with Gasteiger partial charge in [-0.25, -0.2) is 18.4 Å². The first-order chi connectivity index (χ1) is 16.7. The maximum atomic E-state index is 13.6. The SMILES string of the molecule is Cc1ccc(S(=O)(=O)Nc2cccc(C(=O)c3cn(C4CCCC4)c4ncnc(N)c34)c2)cc1Cl. The van der Waals surface area contributed by atoms with E-state index in [4.69, 9.17) is 17.3 Å². The van der Waals surface area contributed by atoms with Crippen molar-refractivity contribution in [2.24, 2.45) is 0 Å². The highest BCUT2D eigenvalue weighted by Gasteiger charge is 2.26. The molecule has 0 amide bonds. The maximum Gasteiger partial charge on any atom is 0.261 e. The summed E-state index contributed by atoms with van der Waals surface area (Å²) in [5.74, 6) is -0.0455. The number of ketones is 1. The molecule has 0 unspecified atom stereocenters. The van der Waals surface area contributed by atoms with Crippen LogP contribution in [0.4, 0.5) is 11.5 Å². The molecule has 3 N–H and O–H groups in total. The van der Waals surface area contributed by atoms with Crippen molar-refractivity contribution in [1.29, 1.82) is 0 Å². The number of carbonyl (C=O) groups is 1. The fourth-order valence-electron chi connectivity index (χ4n) is 4.58. The Balaban J connectivity index is 1.50. The molecule has 5 rings (SSSR count). The Bertz CT molecular complexity index is 1560. The molecule has 8 nitrogen and oxygen atoms in total. The summed E-state index contributed by atoms with van der Waals surface area (Å²) >= 11 is 6.11. The number of benzene rings is 2. The van der Waals surface area contributed by atoms with E-state index in [0.717, 1.165) is 31.2 Å². The molecule has 0 spiro atoms. The Kier molecular flexibility index (Phi) is 5.98. The van der Waals surface area contributed by atoms with Crippen molar-refractivity contribution < 1.29 is 13.2 Å². The molecule has 4 aromatic rings. The van der Waals surface area contributed by atoms with Crippen LogP contribution in [0.5, 0.6) is 0 Å². The molecule has 35 heavy (non-hydrogen) atoms. The number of hydrogen-bond acceptors (Lipinski definition) is 6. The summed E-state index contributed by atoms with van der Waals surface area (Å²) in [5.41, 5.74) is 8.56. The zero-order valence-corrected chi connectivity index (χ0v) is 20.6. The average molecular weight is 510 g/mol. The van der Waals surface area contributed by atoms with Gasteiger partial charge in [-0.2, -0.15) is 0 Å². The van der Waals surface area contributed by atoms with Crippen molar-refractivity contribution in [2.75, 3.05) is 10.5 Å². The Labute approximate surface area is 208 Å². The fraction of sp³-hybridized carbons (Fsp3) is 0.240. The number of carbonyl (C=O) groups excluding carboxylic acids is 1. The van der Waals surface area contributed by atoms with Crippen molar-refractivity contribution in [1.82, 2.24) is 14.5 Å². The van der Waals surface area contributed by atoms with Gasteiger partial charge >= 0.3 is 0 Å². The number of halogens is 1. The van der Waals surface area contributed by atoms with Gasteiger partial charge in [0.1, 0.15) is 17.8 Å². The van der Waals surface area contributed by atoms with Crippen LogP contribution in [-0.2, 0) is 10.0 Å². The van der Waals surface area contributed by atoms with E-state index < -0.39 is 10.0 Å². The van der Waals surface area contributed by atoms with Crippen LogP contribution in [-0.4, -0.2) is 28.7 Å². The van der Waals surface area contributed by atoms with Gasteiger partial charge in [-0.15, -0.1) is 0 Å². The second-order valence-corrected chi connectivity index (χ2v) is 10.9. The van der Waals surface area contributed by atoms with Crippen molar-refractivity contribution >= 4 is 49.9 Å². The molecule has 0 bridgehead atoms. The van der Waals surface area contributed by atoms with Crippen LogP contribution in [0.15, 0.2) is 59.9 Å². The standard InChI is InChI=1S/C25H24ClN5O3S/c1-15-9-10-19(12-21(15)26)35(33,34)30-17-6-4-5-16(11-17)23(32)20-13-31(18-7-2-3-8-18)25-22(20)24(27)28-14-29-25/h4-6,9-14,18,30H,2-3,7-8H2,1H3,(H2,27,28,29). The van der Waals surface area contributed by atoms with Gasteiger partial charge in [0, 0.05) is 28.5 Å². The Hall–Kier alpha value is -3.43. The minimum absolute atomic E-state index is 0.0365. The third-order valence-corrected chi connectivity index (χ3v) is 8.22. The van der Waals surface area contributed by atoms with Crippen molar-refractivity contribution in [3.8, 4) is 0 Å². The first kappa shape index (κ1) is 23.3. The maximum absolute atomic E-state index is 13.6. The lowest BCUT2D eigenvalue weighted by atomic mass is 10.0. The number of aromatic nitrogens is 3. The fourth-order valence-corrected chi connectivity index (χ4v) is 5.90. The van der Waals surface area contributed by atoms with Crippen LogP contribution >= 0.6 is 11.6 Å². The van der Waals surface area contributed by atoms with E-state index in [-0.39, 0.29) is 28.2 Å². The smallest absolute Gasteiger partial charge is 0.261 e. The van der Waals surface area contributed by atoms with Crippen LogP contribution in [0.25, 0.3) is 11.0 Å². The predicted octanol–water partition coefficient (Wildman–Crippen LogP) is 5.12. The van der Waals surface area contributed by atoms with Crippen LogP contribution in [0, 0.1) is 6.92 Å². The molecular weight excluding hydrogens is 486 g/mol. The van der Waals surface area contributed by atoms with Gasteiger partial charge < -0.3 is 10.3 Å². The number of nitrogens with one attached hydrogen (secondary N) is 1. The number of sulfonamides is 1. The molecule has 180 valence electrons. The summed E-state index contributed by atoms with van der Waals surface area (Å²) in [6.07, 6.45) is 7.50.